The summed E-state index contributed by atoms with van der Waals surface area (Å²) < 4.78 is 18.0. The van der Waals surface area contributed by atoms with Gasteiger partial charge in [-0.1, -0.05) is 0 Å². The van der Waals surface area contributed by atoms with E-state index in [0.717, 1.165) is 18.9 Å². The lowest BCUT2D eigenvalue weighted by molar-refractivity contribution is 0.0595. The summed E-state index contributed by atoms with van der Waals surface area (Å²) >= 11 is 0. The van der Waals surface area contributed by atoms with E-state index in [0.29, 0.717) is 11.3 Å². The minimum absolute atomic E-state index is 0.179. The average Bonchev–Trinajstić information content (AvgIpc) is 3.11. The standard InChI is InChI=1S/C12H13FN2O2/c1-17-12(16)7-4-8(10(14)5-9(7)13)11(15)6-2-3-6/h4-6,15H,2-3,14H2,1H3. The van der Waals surface area contributed by atoms with Crippen molar-refractivity contribution in [2.24, 2.45) is 5.92 Å². The normalized spacial score (nSPS) is 14.5. The fourth-order valence-electron chi connectivity index (χ4n) is 1.68. The molecule has 3 N–H and O–H groups in total. The van der Waals surface area contributed by atoms with E-state index >= 15 is 0 Å². The van der Waals surface area contributed by atoms with Crippen molar-refractivity contribution in [1.82, 2.24) is 0 Å². The Morgan fingerprint density at radius 3 is 2.65 bits per heavy atom. The van der Waals surface area contributed by atoms with Gasteiger partial charge in [0, 0.05) is 22.9 Å². The molecule has 4 nitrogen and oxygen atoms in total. The smallest absolute Gasteiger partial charge is 0.340 e. The molecule has 0 atom stereocenters. The highest BCUT2D eigenvalue weighted by molar-refractivity contribution is 6.07. The van der Waals surface area contributed by atoms with Crippen LogP contribution in [0.3, 0.4) is 0 Å². The first-order chi connectivity index (χ1) is 8.04. The minimum Gasteiger partial charge on any atom is -0.465 e. The molecule has 17 heavy (non-hydrogen) atoms. The molecule has 0 aliphatic heterocycles. The molecule has 1 saturated carbocycles. The quantitative estimate of drug-likeness (QED) is 0.478. The number of esters is 1. The summed E-state index contributed by atoms with van der Waals surface area (Å²) in [5.74, 6) is -1.29. The third kappa shape index (κ3) is 2.13. The van der Waals surface area contributed by atoms with Crippen LogP contribution < -0.4 is 5.73 Å². The molecule has 90 valence electrons. The Morgan fingerprint density at radius 1 is 1.47 bits per heavy atom. The first-order valence-corrected chi connectivity index (χ1v) is 5.30. The predicted octanol–water partition coefficient (Wildman–Crippen LogP) is 1.97. The molecule has 1 aliphatic carbocycles. The van der Waals surface area contributed by atoms with Gasteiger partial charge in [0.15, 0.2) is 0 Å². The van der Waals surface area contributed by atoms with Crippen LogP contribution in [0.1, 0.15) is 28.8 Å². The molecule has 0 bridgehead atoms. The fourth-order valence-corrected chi connectivity index (χ4v) is 1.68. The Morgan fingerprint density at radius 2 is 2.12 bits per heavy atom. The molecule has 5 heteroatoms. The van der Waals surface area contributed by atoms with Gasteiger partial charge in [-0.2, -0.15) is 0 Å². The number of halogens is 1. The first-order valence-electron chi connectivity index (χ1n) is 5.30. The number of anilines is 1. The molecule has 1 aliphatic rings. The summed E-state index contributed by atoms with van der Waals surface area (Å²) in [6, 6.07) is 2.37. The van der Waals surface area contributed by atoms with Crippen LogP contribution >= 0.6 is 0 Å². The van der Waals surface area contributed by atoms with E-state index in [4.69, 9.17) is 11.1 Å². The van der Waals surface area contributed by atoms with Gasteiger partial charge < -0.3 is 15.9 Å². The van der Waals surface area contributed by atoms with E-state index in [1.165, 1.54) is 13.2 Å². The summed E-state index contributed by atoms with van der Waals surface area (Å²) in [5, 5.41) is 7.90. The summed E-state index contributed by atoms with van der Waals surface area (Å²) in [7, 11) is 1.18. The van der Waals surface area contributed by atoms with Gasteiger partial charge in [0.05, 0.1) is 12.7 Å². The van der Waals surface area contributed by atoms with Gasteiger partial charge in [0.25, 0.3) is 0 Å². The minimum atomic E-state index is -0.757. The van der Waals surface area contributed by atoms with Crippen molar-refractivity contribution in [1.29, 1.82) is 5.41 Å². The van der Waals surface area contributed by atoms with Gasteiger partial charge in [-0.25, -0.2) is 9.18 Å². The number of carbonyl (C=O) groups is 1. The average molecular weight is 236 g/mol. The van der Waals surface area contributed by atoms with Crippen LogP contribution in [0.25, 0.3) is 0 Å². The SMILES string of the molecule is COC(=O)c1cc(C(=N)C2CC2)c(N)cc1F. The molecule has 2 rings (SSSR count). The lowest BCUT2D eigenvalue weighted by Gasteiger charge is -2.09. The van der Waals surface area contributed by atoms with E-state index in [2.05, 4.69) is 4.74 Å². The highest BCUT2D eigenvalue weighted by Gasteiger charge is 2.29. The van der Waals surface area contributed by atoms with Crippen molar-refractivity contribution in [3.05, 3.63) is 29.1 Å². The summed E-state index contributed by atoms with van der Waals surface area (Å²) in [5.41, 5.74) is 6.47. The van der Waals surface area contributed by atoms with Crippen LogP contribution in [0.15, 0.2) is 12.1 Å². The number of ether oxygens (including phenoxy) is 1. The van der Waals surface area contributed by atoms with Crippen LogP contribution in [0.2, 0.25) is 0 Å². The van der Waals surface area contributed by atoms with E-state index in [-0.39, 0.29) is 17.2 Å². The zero-order chi connectivity index (χ0) is 12.6. The van der Waals surface area contributed by atoms with Gasteiger partial charge in [-0.3, -0.25) is 0 Å². The molecule has 1 aromatic carbocycles. The lowest BCUT2D eigenvalue weighted by atomic mass is 10.0. The van der Waals surface area contributed by atoms with Gasteiger partial charge in [-0.15, -0.1) is 0 Å². The number of nitrogens with one attached hydrogen (secondary N) is 1. The molecular weight excluding hydrogens is 223 g/mol. The largest absolute Gasteiger partial charge is 0.465 e. The van der Waals surface area contributed by atoms with Crippen molar-refractivity contribution >= 4 is 17.4 Å². The Labute approximate surface area is 98.1 Å². The number of nitrogen functional groups attached to an aromatic ring is 1. The summed E-state index contributed by atoms with van der Waals surface area (Å²) in [6.45, 7) is 0. The molecule has 1 aromatic rings. The second-order valence-electron chi connectivity index (χ2n) is 4.10. The number of benzene rings is 1. The van der Waals surface area contributed by atoms with Gasteiger partial charge in [0.1, 0.15) is 5.82 Å². The van der Waals surface area contributed by atoms with E-state index in [1.807, 2.05) is 0 Å². The third-order valence-electron chi connectivity index (χ3n) is 2.82. The molecule has 0 unspecified atom stereocenters. The van der Waals surface area contributed by atoms with Crippen LogP contribution in [-0.2, 0) is 4.74 Å². The van der Waals surface area contributed by atoms with Crippen LogP contribution in [0.4, 0.5) is 10.1 Å². The Balaban J connectivity index is 2.45. The zero-order valence-electron chi connectivity index (χ0n) is 9.42. The number of hydrogen-bond donors (Lipinski definition) is 2. The van der Waals surface area contributed by atoms with Crippen molar-refractivity contribution in [3.63, 3.8) is 0 Å². The van der Waals surface area contributed by atoms with E-state index in [1.54, 1.807) is 0 Å². The molecule has 0 heterocycles. The van der Waals surface area contributed by atoms with E-state index < -0.39 is 11.8 Å². The lowest BCUT2D eigenvalue weighted by Crippen LogP contribution is -2.11. The maximum Gasteiger partial charge on any atom is 0.340 e. The van der Waals surface area contributed by atoms with Gasteiger partial charge >= 0.3 is 5.97 Å². The van der Waals surface area contributed by atoms with Crippen LogP contribution in [0.5, 0.6) is 0 Å². The monoisotopic (exact) mass is 236 g/mol. The van der Waals surface area contributed by atoms with Gasteiger partial charge in [-0.05, 0) is 25.0 Å². The predicted molar refractivity (Wildman–Crippen MR) is 61.7 cm³/mol. The van der Waals surface area contributed by atoms with Crippen molar-refractivity contribution in [2.75, 3.05) is 12.8 Å². The molecule has 0 radical (unpaired) electrons. The number of carbonyl (C=O) groups excluding carboxylic acids is 1. The molecule has 0 amide bonds. The molecule has 1 fully saturated rings. The van der Waals surface area contributed by atoms with Crippen LogP contribution in [0, 0.1) is 17.1 Å². The molecule has 0 aromatic heterocycles. The van der Waals surface area contributed by atoms with Crippen LogP contribution in [-0.4, -0.2) is 18.8 Å². The Bertz CT molecular complexity index is 496. The number of rotatable bonds is 3. The topological polar surface area (TPSA) is 76.2 Å². The van der Waals surface area contributed by atoms with Crippen molar-refractivity contribution < 1.29 is 13.9 Å². The zero-order valence-corrected chi connectivity index (χ0v) is 9.42. The molecular formula is C12H13FN2O2. The highest BCUT2D eigenvalue weighted by Crippen LogP contribution is 2.34. The fraction of sp³-hybridized carbons (Fsp3) is 0.333. The third-order valence-corrected chi connectivity index (χ3v) is 2.82. The summed E-state index contributed by atoms with van der Waals surface area (Å²) in [6.07, 6.45) is 1.90. The number of methoxy groups -OCH3 is 1. The number of nitrogens with two attached hydrogens (primary N) is 1. The first kappa shape index (κ1) is 11.6. The van der Waals surface area contributed by atoms with Gasteiger partial charge in [0.2, 0.25) is 0 Å². The maximum absolute atomic E-state index is 13.5. The summed E-state index contributed by atoms with van der Waals surface area (Å²) in [4.78, 5) is 11.3. The molecule has 0 spiro atoms. The van der Waals surface area contributed by atoms with E-state index in [9.17, 15) is 9.18 Å². The second-order valence-corrected chi connectivity index (χ2v) is 4.10. The number of hydrogen-bond acceptors (Lipinski definition) is 4. The van der Waals surface area contributed by atoms with Crippen molar-refractivity contribution in [3.8, 4) is 0 Å². The molecule has 0 saturated heterocycles. The Kier molecular flexibility index (Phi) is 2.83. The maximum atomic E-state index is 13.5. The second kappa shape index (κ2) is 4.16. The Hall–Kier alpha value is -1.91. The highest BCUT2D eigenvalue weighted by atomic mass is 19.1. The van der Waals surface area contributed by atoms with Crippen molar-refractivity contribution in [2.45, 2.75) is 12.8 Å².